The van der Waals surface area contributed by atoms with Crippen molar-refractivity contribution in [3.8, 4) is 0 Å². The highest BCUT2D eigenvalue weighted by Crippen LogP contribution is 2.20. The summed E-state index contributed by atoms with van der Waals surface area (Å²) in [5, 5.41) is 3.66. The molecule has 1 N–H and O–H groups in total. The first-order valence-electron chi connectivity index (χ1n) is 8.46. The van der Waals surface area contributed by atoms with E-state index < -0.39 is 0 Å². The number of nitrogens with one attached hydrogen (secondary N) is 1. The number of rotatable bonds is 5. The first-order chi connectivity index (χ1) is 12.2. The molecule has 6 nitrogen and oxygen atoms in total. The van der Waals surface area contributed by atoms with Crippen molar-refractivity contribution < 1.29 is 13.9 Å². The summed E-state index contributed by atoms with van der Waals surface area (Å²) in [6, 6.07) is 6.93. The van der Waals surface area contributed by atoms with Crippen LogP contribution in [0.1, 0.15) is 24.4 Å². The quantitative estimate of drug-likeness (QED) is 0.904. The molecule has 1 amide bonds. The van der Waals surface area contributed by atoms with Gasteiger partial charge in [0, 0.05) is 38.1 Å². The van der Waals surface area contributed by atoms with E-state index >= 15 is 0 Å². The lowest BCUT2D eigenvalue weighted by Gasteiger charge is -2.34. The number of nitrogens with zero attached hydrogens (tertiary/aromatic N) is 3. The van der Waals surface area contributed by atoms with Crippen LogP contribution in [-0.2, 0) is 11.3 Å². The van der Waals surface area contributed by atoms with E-state index in [9.17, 15) is 9.18 Å². The molecule has 0 unspecified atom stereocenters. The molecule has 134 valence electrons. The summed E-state index contributed by atoms with van der Waals surface area (Å²) in [7, 11) is 1.41. The first-order valence-corrected chi connectivity index (χ1v) is 8.46. The summed E-state index contributed by atoms with van der Waals surface area (Å²) in [6.07, 6.45) is 6.88. The second kappa shape index (κ2) is 8.11. The SMILES string of the molecule is COC(=O)N1CCC(N[C@H](Cn2ccnc2)c2ccc(F)cc2)CC1. The molecule has 2 aromatic rings. The van der Waals surface area contributed by atoms with Crippen LogP contribution in [0.2, 0.25) is 0 Å². The Morgan fingerprint density at radius 3 is 2.68 bits per heavy atom. The maximum atomic E-state index is 13.3. The molecule has 1 aliphatic rings. The molecule has 1 atom stereocenters. The van der Waals surface area contributed by atoms with E-state index in [1.54, 1.807) is 17.4 Å². The molecule has 0 aliphatic carbocycles. The number of halogens is 1. The van der Waals surface area contributed by atoms with Crippen LogP contribution in [0.5, 0.6) is 0 Å². The van der Waals surface area contributed by atoms with Crippen LogP contribution in [0, 0.1) is 5.82 Å². The minimum atomic E-state index is -0.271. The van der Waals surface area contributed by atoms with Gasteiger partial charge in [-0.15, -0.1) is 0 Å². The third-order valence-electron chi connectivity index (χ3n) is 4.59. The van der Waals surface area contributed by atoms with Crippen molar-refractivity contribution in [3.63, 3.8) is 0 Å². The molecule has 3 rings (SSSR count). The number of imidazole rings is 1. The normalized spacial score (nSPS) is 16.6. The average Bonchev–Trinajstić information content (AvgIpc) is 3.15. The number of ether oxygens (including phenoxy) is 1. The van der Waals surface area contributed by atoms with Gasteiger partial charge in [-0.05, 0) is 30.5 Å². The van der Waals surface area contributed by atoms with Crippen LogP contribution in [-0.4, -0.2) is 46.8 Å². The number of piperidine rings is 1. The van der Waals surface area contributed by atoms with Crippen LogP contribution in [0.4, 0.5) is 9.18 Å². The van der Waals surface area contributed by atoms with E-state index in [-0.39, 0.29) is 18.0 Å². The molecule has 0 bridgehead atoms. The van der Waals surface area contributed by atoms with E-state index in [1.165, 1.54) is 19.2 Å². The maximum absolute atomic E-state index is 13.3. The van der Waals surface area contributed by atoms with Crippen molar-refractivity contribution in [1.82, 2.24) is 19.8 Å². The topological polar surface area (TPSA) is 59.4 Å². The number of hydrogen-bond donors (Lipinski definition) is 1. The standard InChI is InChI=1S/C18H23FN4O2/c1-25-18(24)23-9-6-16(7-10-23)21-17(12-22-11-8-20-13-22)14-2-4-15(19)5-3-14/h2-5,8,11,13,16-17,21H,6-7,9-10,12H2,1H3/t17-/m1/s1. The number of likely N-dealkylation sites (tertiary alicyclic amines) is 1. The molecule has 0 saturated carbocycles. The predicted octanol–water partition coefficient (Wildman–Crippen LogP) is 2.58. The summed E-state index contributed by atoms with van der Waals surface area (Å²) >= 11 is 0. The largest absolute Gasteiger partial charge is 0.453 e. The van der Waals surface area contributed by atoms with Gasteiger partial charge >= 0.3 is 6.09 Å². The smallest absolute Gasteiger partial charge is 0.409 e. The Labute approximate surface area is 146 Å². The number of aromatic nitrogens is 2. The lowest BCUT2D eigenvalue weighted by Crippen LogP contribution is -2.46. The molecule has 1 aliphatic heterocycles. The predicted molar refractivity (Wildman–Crippen MR) is 91.5 cm³/mol. The summed E-state index contributed by atoms with van der Waals surface area (Å²) in [6.45, 7) is 2.06. The lowest BCUT2D eigenvalue weighted by atomic mass is 10.0. The Morgan fingerprint density at radius 2 is 2.08 bits per heavy atom. The first kappa shape index (κ1) is 17.4. The number of benzene rings is 1. The van der Waals surface area contributed by atoms with Gasteiger partial charge in [0.05, 0.1) is 19.5 Å². The molecular formula is C18H23FN4O2. The second-order valence-corrected chi connectivity index (χ2v) is 6.26. The zero-order valence-corrected chi connectivity index (χ0v) is 14.3. The summed E-state index contributed by atoms with van der Waals surface area (Å²) < 4.78 is 20.0. The minimum Gasteiger partial charge on any atom is -0.453 e. The van der Waals surface area contributed by atoms with Crippen LogP contribution >= 0.6 is 0 Å². The third-order valence-corrected chi connectivity index (χ3v) is 4.59. The van der Waals surface area contributed by atoms with Crippen molar-refractivity contribution in [2.24, 2.45) is 0 Å². The highest BCUT2D eigenvalue weighted by molar-refractivity contribution is 5.67. The average molecular weight is 346 g/mol. The Bertz CT molecular complexity index is 667. The van der Waals surface area contributed by atoms with Crippen LogP contribution in [0.3, 0.4) is 0 Å². The minimum absolute atomic E-state index is 0.0458. The van der Waals surface area contributed by atoms with Crippen molar-refractivity contribution in [3.05, 3.63) is 54.4 Å². The molecule has 1 saturated heterocycles. The number of methoxy groups -OCH3 is 1. The maximum Gasteiger partial charge on any atom is 0.409 e. The number of carbonyl (C=O) groups excluding carboxylic acids is 1. The van der Waals surface area contributed by atoms with E-state index in [2.05, 4.69) is 10.3 Å². The Balaban J connectivity index is 1.66. The molecular weight excluding hydrogens is 323 g/mol. The zero-order valence-electron chi connectivity index (χ0n) is 14.3. The molecule has 0 radical (unpaired) electrons. The lowest BCUT2D eigenvalue weighted by molar-refractivity contribution is 0.108. The van der Waals surface area contributed by atoms with Gasteiger partial charge in [0.25, 0.3) is 0 Å². The monoisotopic (exact) mass is 346 g/mol. The second-order valence-electron chi connectivity index (χ2n) is 6.26. The summed E-state index contributed by atoms with van der Waals surface area (Å²) in [5.74, 6) is -0.239. The number of carbonyl (C=O) groups is 1. The van der Waals surface area contributed by atoms with Crippen LogP contribution in [0.15, 0.2) is 43.0 Å². The zero-order chi connectivity index (χ0) is 17.6. The molecule has 1 fully saturated rings. The van der Waals surface area contributed by atoms with Gasteiger partial charge in [0.1, 0.15) is 5.82 Å². The summed E-state index contributed by atoms with van der Waals surface area (Å²) in [5.41, 5.74) is 1.03. The van der Waals surface area contributed by atoms with E-state index in [1.807, 2.05) is 22.9 Å². The van der Waals surface area contributed by atoms with Gasteiger partial charge in [0.2, 0.25) is 0 Å². The van der Waals surface area contributed by atoms with Crippen molar-refractivity contribution >= 4 is 6.09 Å². The molecule has 1 aromatic heterocycles. The van der Waals surface area contributed by atoms with E-state index in [0.29, 0.717) is 25.7 Å². The van der Waals surface area contributed by atoms with Gasteiger partial charge in [-0.2, -0.15) is 0 Å². The van der Waals surface area contributed by atoms with Gasteiger partial charge in [-0.25, -0.2) is 14.2 Å². The van der Waals surface area contributed by atoms with Gasteiger partial charge in [0.15, 0.2) is 0 Å². The molecule has 0 spiro atoms. The fourth-order valence-corrected chi connectivity index (χ4v) is 3.20. The Morgan fingerprint density at radius 1 is 1.36 bits per heavy atom. The highest BCUT2D eigenvalue weighted by atomic mass is 19.1. The molecule has 25 heavy (non-hydrogen) atoms. The Kier molecular flexibility index (Phi) is 5.65. The van der Waals surface area contributed by atoms with Crippen LogP contribution in [0.25, 0.3) is 0 Å². The fourth-order valence-electron chi connectivity index (χ4n) is 3.20. The van der Waals surface area contributed by atoms with Crippen LogP contribution < -0.4 is 5.32 Å². The molecule has 2 heterocycles. The van der Waals surface area contributed by atoms with Crippen molar-refractivity contribution in [2.45, 2.75) is 31.5 Å². The van der Waals surface area contributed by atoms with E-state index in [0.717, 1.165) is 18.4 Å². The summed E-state index contributed by atoms with van der Waals surface area (Å²) in [4.78, 5) is 17.4. The van der Waals surface area contributed by atoms with Crippen molar-refractivity contribution in [1.29, 1.82) is 0 Å². The fraction of sp³-hybridized carbons (Fsp3) is 0.444. The van der Waals surface area contributed by atoms with Gasteiger partial charge < -0.3 is 19.5 Å². The number of hydrogen-bond acceptors (Lipinski definition) is 4. The van der Waals surface area contributed by atoms with E-state index in [4.69, 9.17) is 4.74 Å². The Hall–Kier alpha value is -2.41. The molecule has 1 aromatic carbocycles. The van der Waals surface area contributed by atoms with Crippen molar-refractivity contribution in [2.75, 3.05) is 20.2 Å². The highest BCUT2D eigenvalue weighted by Gasteiger charge is 2.25. The molecule has 7 heteroatoms. The number of amides is 1. The van der Waals surface area contributed by atoms with Gasteiger partial charge in [-0.1, -0.05) is 12.1 Å². The van der Waals surface area contributed by atoms with Gasteiger partial charge in [-0.3, -0.25) is 0 Å². The third kappa shape index (κ3) is 4.57.